The second-order valence-corrected chi connectivity index (χ2v) is 6.35. The fourth-order valence-corrected chi connectivity index (χ4v) is 3.85. The zero-order valence-electron chi connectivity index (χ0n) is 11.2. The third kappa shape index (κ3) is 2.68. The van der Waals surface area contributed by atoms with Crippen molar-refractivity contribution in [2.24, 2.45) is 0 Å². The second-order valence-electron chi connectivity index (χ2n) is 4.75. The number of para-hydroxylation sites is 1. The number of fused-ring (bicyclic) bond motifs is 1. The van der Waals surface area contributed by atoms with E-state index in [0.717, 1.165) is 34.2 Å². The van der Waals surface area contributed by atoms with Crippen LogP contribution in [0.15, 0.2) is 50.0 Å². The molecule has 0 amide bonds. The summed E-state index contributed by atoms with van der Waals surface area (Å²) in [5.74, 6) is 0.971. The SMILES string of the molecule is CCCNC(c1cc2ccccc2o1)c1cscc1Br. The van der Waals surface area contributed by atoms with Gasteiger partial charge in [-0.2, -0.15) is 11.3 Å². The normalized spacial score (nSPS) is 12.9. The van der Waals surface area contributed by atoms with E-state index in [1.807, 2.05) is 18.2 Å². The Balaban J connectivity index is 2.02. The molecule has 1 atom stereocenters. The van der Waals surface area contributed by atoms with Gasteiger partial charge < -0.3 is 9.73 Å². The Hall–Kier alpha value is -1.10. The van der Waals surface area contributed by atoms with Crippen molar-refractivity contribution in [1.29, 1.82) is 0 Å². The highest BCUT2D eigenvalue weighted by molar-refractivity contribution is 9.10. The summed E-state index contributed by atoms with van der Waals surface area (Å²) in [6, 6.07) is 10.4. The van der Waals surface area contributed by atoms with E-state index in [-0.39, 0.29) is 6.04 Å². The highest BCUT2D eigenvalue weighted by Crippen LogP contribution is 2.34. The Labute approximate surface area is 130 Å². The molecule has 1 unspecified atom stereocenters. The summed E-state index contributed by atoms with van der Waals surface area (Å²) in [6.07, 6.45) is 1.10. The van der Waals surface area contributed by atoms with Crippen LogP contribution in [0.1, 0.15) is 30.7 Å². The summed E-state index contributed by atoms with van der Waals surface area (Å²) in [5.41, 5.74) is 2.18. The van der Waals surface area contributed by atoms with Crippen molar-refractivity contribution in [3.05, 3.63) is 56.9 Å². The zero-order valence-corrected chi connectivity index (χ0v) is 13.6. The molecule has 0 saturated carbocycles. The number of nitrogens with one attached hydrogen (secondary N) is 1. The predicted octanol–water partition coefficient (Wildman–Crippen LogP) is 5.35. The van der Waals surface area contributed by atoms with Crippen LogP contribution in [0.3, 0.4) is 0 Å². The van der Waals surface area contributed by atoms with Gasteiger partial charge in [-0.3, -0.25) is 0 Å². The van der Waals surface area contributed by atoms with Crippen LogP contribution in [-0.4, -0.2) is 6.54 Å². The molecule has 1 aromatic carbocycles. The van der Waals surface area contributed by atoms with E-state index in [2.05, 4.69) is 51.1 Å². The number of benzene rings is 1. The summed E-state index contributed by atoms with van der Waals surface area (Å²) < 4.78 is 7.16. The molecule has 3 aromatic rings. The van der Waals surface area contributed by atoms with Gasteiger partial charge in [0.25, 0.3) is 0 Å². The molecule has 4 heteroatoms. The maximum atomic E-state index is 6.03. The van der Waals surface area contributed by atoms with Gasteiger partial charge in [0.15, 0.2) is 0 Å². The summed E-state index contributed by atoms with van der Waals surface area (Å²) in [5, 5.41) is 9.00. The zero-order chi connectivity index (χ0) is 13.9. The highest BCUT2D eigenvalue weighted by Gasteiger charge is 2.20. The molecule has 20 heavy (non-hydrogen) atoms. The number of hydrogen-bond donors (Lipinski definition) is 1. The lowest BCUT2D eigenvalue weighted by Crippen LogP contribution is -2.22. The van der Waals surface area contributed by atoms with E-state index in [0.29, 0.717) is 0 Å². The molecule has 3 rings (SSSR count). The Morgan fingerprint density at radius 3 is 2.85 bits per heavy atom. The van der Waals surface area contributed by atoms with Crippen molar-refractivity contribution in [2.75, 3.05) is 6.54 Å². The van der Waals surface area contributed by atoms with Crippen LogP contribution in [0.5, 0.6) is 0 Å². The minimum Gasteiger partial charge on any atom is -0.459 e. The first-order chi connectivity index (χ1) is 9.79. The van der Waals surface area contributed by atoms with Gasteiger partial charge >= 0.3 is 0 Å². The molecule has 104 valence electrons. The van der Waals surface area contributed by atoms with Gasteiger partial charge in [-0.1, -0.05) is 25.1 Å². The number of halogens is 1. The molecule has 0 bridgehead atoms. The van der Waals surface area contributed by atoms with E-state index < -0.39 is 0 Å². The van der Waals surface area contributed by atoms with E-state index >= 15 is 0 Å². The van der Waals surface area contributed by atoms with Crippen molar-refractivity contribution in [3.8, 4) is 0 Å². The van der Waals surface area contributed by atoms with Crippen LogP contribution < -0.4 is 5.32 Å². The third-order valence-electron chi connectivity index (χ3n) is 3.28. The van der Waals surface area contributed by atoms with Crippen LogP contribution in [0.2, 0.25) is 0 Å². The number of hydrogen-bond acceptors (Lipinski definition) is 3. The van der Waals surface area contributed by atoms with Gasteiger partial charge in [0.05, 0.1) is 6.04 Å². The largest absolute Gasteiger partial charge is 0.459 e. The predicted molar refractivity (Wildman–Crippen MR) is 88.4 cm³/mol. The van der Waals surface area contributed by atoms with E-state index in [9.17, 15) is 0 Å². The Morgan fingerprint density at radius 2 is 2.15 bits per heavy atom. The lowest BCUT2D eigenvalue weighted by molar-refractivity contribution is 0.469. The summed E-state index contributed by atoms with van der Waals surface area (Å²) in [7, 11) is 0. The molecule has 0 saturated heterocycles. The molecular formula is C16H16BrNOS. The molecule has 2 heterocycles. The Kier molecular flexibility index (Phi) is 4.24. The molecule has 1 N–H and O–H groups in total. The first-order valence-electron chi connectivity index (χ1n) is 6.73. The fourth-order valence-electron chi connectivity index (χ4n) is 2.29. The van der Waals surface area contributed by atoms with Crippen molar-refractivity contribution >= 4 is 38.2 Å². The average Bonchev–Trinajstić information content (AvgIpc) is 3.06. The van der Waals surface area contributed by atoms with E-state index in [1.54, 1.807) is 11.3 Å². The minimum atomic E-state index is 0.1000. The second kappa shape index (κ2) is 6.12. The Morgan fingerprint density at radius 1 is 1.30 bits per heavy atom. The van der Waals surface area contributed by atoms with Crippen LogP contribution in [0, 0.1) is 0 Å². The molecule has 0 fully saturated rings. The summed E-state index contributed by atoms with van der Waals surface area (Å²) >= 11 is 5.33. The van der Waals surface area contributed by atoms with Crippen LogP contribution in [0.25, 0.3) is 11.0 Å². The summed E-state index contributed by atoms with van der Waals surface area (Å²) in [6.45, 7) is 3.13. The lowest BCUT2D eigenvalue weighted by atomic mass is 10.1. The minimum absolute atomic E-state index is 0.1000. The highest BCUT2D eigenvalue weighted by atomic mass is 79.9. The van der Waals surface area contributed by atoms with Gasteiger partial charge in [0, 0.05) is 20.8 Å². The number of rotatable bonds is 5. The average molecular weight is 350 g/mol. The molecule has 0 spiro atoms. The molecular weight excluding hydrogens is 334 g/mol. The standard InChI is InChI=1S/C16H16BrNOS/c1-2-7-18-16(12-9-20-10-13(12)17)15-8-11-5-3-4-6-14(11)19-15/h3-6,8-10,16,18H,2,7H2,1H3. The quantitative estimate of drug-likeness (QED) is 0.671. The number of furan rings is 1. The monoisotopic (exact) mass is 349 g/mol. The van der Waals surface area contributed by atoms with Crippen molar-refractivity contribution < 1.29 is 4.42 Å². The van der Waals surface area contributed by atoms with Crippen molar-refractivity contribution in [3.63, 3.8) is 0 Å². The smallest absolute Gasteiger partial charge is 0.134 e. The third-order valence-corrected chi connectivity index (χ3v) is 5.03. The molecule has 2 aromatic heterocycles. The molecule has 0 aliphatic carbocycles. The van der Waals surface area contributed by atoms with Crippen LogP contribution in [-0.2, 0) is 0 Å². The van der Waals surface area contributed by atoms with E-state index in [4.69, 9.17) is 4.42 Å². The van der Waals surface area contributed by atoms with Crippen molar-refractivity contribution in [1.82, 2.24) is 5.32 Å². The molecule has 0 aliphatic heterocycles. The molecule has 0 aliphatic rings. The maximum Gasteiger partial charge on any atom is 0.134 e. The Bertz CT molecular complexity index is 670. The first kappa shape index (κ1) is 13.9. The molecule has 2 nitrogen and oxygen atoms in total. The van der Waals surface area contributed by atoms with Gasteiger partial charge in [0.1, 0.15) is 11.3 Å². The first-order valence-corrected chi connectivity index (χ1v) is 8.46. The van der Waals surface area contributed by atoms with Gasteiger partial charge in [0.2, 0.25) is 0 Å². The fraction of sp³-hybridized carbons (Fsp3) is 0.250. The van der Waals surface area contributed by atoms with Crippen LogP contribution >= 0.6 is 27.3 Å². The molecule has 0 radical (unpaired) electrons. The maximum absolute atomic E-state index is 6.03. The van der Waals surface area contributed by atoms with Gasteiger partial charge in [-0.25, -0.2) is 0 Å². The van der Waals surface area contributed by atoms with Gasteiger partial charge in [-0.15, -0.1) is 0 Å². The van der Waals surface area contributed by atoms with Gasteiger partial charge in [-0.05, 0) is 46.4 Å². The topological polar surface area (TPSA) is 25.2 Å². The lowest BCUT2D eigenvalue weighted by Gasteiger charge is -2.15. The van der Waals surface area contributed by atoms with Crippen LogP contribution in [0.4, 0.5) is 0 Å². The van der Waals surface area contributed by atoms with Crippen molar-refractivity contribution in [2.45, 2.75) is 19.4 Å². The number of thiophene rings is 1. The van der Waals surface area contributed by atoms with E-state index in [1.165, 1.54) is 5.56 Å². The summed E-state index contributed by atoms with van der Waals surface area (Å²) in [4.78, 5) is 0.